The van der Waals surface area contributed by atoms with Crippen LogP contribution in [-0.4, -0.2) is 43.8 Å². The van der Waals surface area contributed by atoms with Gasteiger partial charge in [0.1, 0.15) is 12.6 Å². The molecule has 11 heteroatoms. The maximum Gasteiger partial charge on any atom is 0.264 e. The van der Waals surface area contributed by atoms with E-state index in [0.717, 1.165) is 9.87 Å². The summed E-state index contributed by atoms with van der Waals surface area (Å²) < 4.78 is 29.4. The molecule has 0 radical (unpaired) electrons. The van der Waals surface area contributed by atoms with Gasteiger partial charge < -0.3 is 10.2 Å². The van der Waals surface area contributed by atoms with Crippen molar-refractivity contribution >= 4 is 62.3 Å². The highest BCUT2D eigenvalue weighted by atomic mass is 35.5. The summed E-state index contributed by atoms with van der Waals surface area (Å²) in [5.74, 6) is -0.938. The molecule has 0 unspecified atom stereocenters. The molecule has 7 nitrogen and oxygen atoms in total. The summed E-state index contributed by atoms with van der Waals surface area (Å²) in [6.07, 6.45) is 0.880. The third-order valence-corrected chi connectivity index (χ3v) is 10.4. The lowest BCUT2D eigenvalue weighted by Gasteiger charge is -2.34. The Labute approximate surface area is 286 Å². The van der Waals surface area contributed by atoms with Crippen LogP contribution in [0.3, 0.4) is 0 Å². The third kappa shape index (κ3) is 8.82. The molecule has 0 aliphatic rings. The van der Waals surface area contributed by atoms with Crippen molar-refractivity contribution in [1.82, 2.24) is 10.2 Å². The first-order valence-corrected chi connectivity index (χ1v) is 17.4. The Kier molecular flexibility index (Phi) is 12.1. The number of nitrogens with one attached hydrogen (secondary N) is 1. The van der Waals surface area contributed by atoms with Crippen LogP contribution in [0.2, 0.25) is 15.1 Å². The van der Waals surface area contributed by atoms with Gasteiger partial charge in [0.2, 0.25) is 11.8 Å². The van der Waals surface area contributed by atoms with E-state index in [1.807, 2.05) is 44.2 Å². The maximum atomic E-state index is 14.6. The van der Waals surface area contributed by atoms with Crippen molar-refractivity contribution in [2.75, 3.05) is 10.8 Å². The Bertz CT molecular complexity index is 1770. The van der Waals surface area contributed by atoms with Crippen LogP contribution in [-0.2, 0) is 32.6 Å². The number of hydrogen-bond donors (Lipinski definition) is 1. The molecule has 1 N–H and O–H groups in total. The van der Waals surface area contributed by atoms with Crippen molar-refractivity contribution < 1.29 is 18.0 Å². The number of anilines is 1. The van der Waals surface area contributed by atoms with Crippen LogP contribution in [0.5, 0.6) is 0 Å². The van der Waals surface area contributed by atoms with E-state index in [0.29, 0.717) is 38.3 Å². The molecule has 46 heavy (non-hydrogen) atoms. The standard InChI is InChI=1S/C35H36Cl3N3O4S/c1-4-25(3)39-35(43)33(21-26-11-7-5-8-12-26)40(22-27-15-17-30(37)31(38)20-27)34(42)23-41(32-18-16-28(36)19-24(32)2)46(44,45)29-13-9-6-10-14-29/h5-20,25,33H,4,21-23H2,1-3H3,(H,39,43)/t25-,33+/m0/s1. The number of hydrogen-bond acceptors (Lipinski definition) is 4. The molecule has 4 aromatic carbocycles. The molecule has 0 fully saturated rings. The van der Waals surface area contributed by atoms with Gasteiger partial charge in [0.25, 0.3) is 10.0 Å². The molecule has 0 saturated heterocycles. The molecule has 0 spiro atoms. The highest BCUT2D eigenvalue weighted by Crippen LogP contribution is 2.30. The van der Waals surface area contributed by atoms with Crippen molar-refractivity contribution in [2.45, 2.75) is 57.1 Å². The van der Waals surface area contributed by atoms with Gasteiger partial charge in [-0.05, 0) is 79.4 Å². The van der Waals surface area contributed by atoms with E-state index in [4.69, 9.17) is 34.8 Å². The van der Waals surface area contributed by atoms with Crippen molar-refractivity contribution in [3.8, 4) is 0 Å². The molecule has 0 bridgehead atoms. The molecule has 4 aromatic rings. The Morgan fingerprint density at radius 1 is 0.826 bits per heavy atom. The highest BCUT2D eigenvalue weighted by molar-refractivity contribution is 7.92. The van der Waals surface area contributed by atoms with E-state index in [1.165, 1.54) is 17.0 Å². The number of carbonyl (C=O) groups is 2. The van der Waals surface area contributed by atoms with Gasteiger partial charge in [-0.25, -0.2) is 8.42 Å². The molecular weight excluding hydrogens is 665 g/mol. The van der Waals surface area contributed by atoms with Crippen LogP contribution in [0.1, 0.15) is 37.0 Å². The van der Waals surface area contributed by atoms with Gasteiger partial charge in [-0.3, -0.25) is 13.9 Å². The minimum Gasteiger partial charge on any atom is -0.352 e. The molecule has 0 aliphatic heterocycles. The summed E-state index contributed by atoms with van der Waals surface area (Å²) in [7, 11) is -4.23. The lowest BCUT2D eigenvalue weighted by atomic mass is 10.0. The number of amides is 2. The zero-order valence-electron chi connectivity index (χ0n) is 25.8. The summed E-state index contributed by atoms with van der Waals surface area (Å²) in [5.41, 5.74) is 2.31. The van der Waals surface area contributed by atoms with Gasteiger partial charge in [0.15, 0.2) is 0 Å². The molecular formula is C35H36Cl3N3O4S. The normalized spacial score (nSPS) is 12.7. The lowest BCUT2D eigenvalue weighted by Crippen LogP contribution is -2.54. The molecule has 242 valence electrons. The zero-order valence-corrected chi connectivity index (χ0v) is 28.9. The maximum absolute atomic E-state index is 14.6. The van der Waals surface area contributed by atoms with Gasteiger partial charge in [-0.1, -0.05) is 96.3 Å². The number of carbonyl (C=O) groups excluding carboxylic acids is 2. The number of rotatable bonds is 13. The number of nitrogens with zero attached hydrogens (tertiary/aromatic N) is 2. The molecule has 2 amide bonds. The van der Waals surface area contributed by atoms with Gasteiger partial charge in [0.05, 0.1) is 20.6 Å². The minimum atomic E-state index is -4.23. The fourth-order valence-corrected chi connectivity index (χ4v) is 7.01. The van der Waals surface area contributed by atoms with Crippen LogP contribution >= 0.6 is 34.8 Å². The predicted octanol–water partition coefficient (Wildman–Crippen LogP) is 7.71. The van der Waals surface area contributed by atoms with Gasteiger partial charge >= 0.3 is 0 Å². The topological polar surface area (TPSA) is 86.8 Å². The zero-order chi connectivity index (χ0) is 33.4. The molecule has 2 atom stereocenters. The highest BCUT2D eigenvalue weighted by Gasteiger charge is 2.35. The van der Waals surface area contributed by atoms with Crippen molar-refractivity contribution in [3.63, 3.8) is 0 Å². The number of halogens is 3. The second kappa shape index (κ2) is 15.8. The van der Waals surface area contributed by atoms with E-state index in [2.05, 4.69) is 5.32 Å². The first-order chi connectivity index (χ1) is 21.9. The van der Waals surface area contributed by atoms with Crippen LogP contribution in [0, 0.1) is 6.92 Å². The number of aryl methyl sites for hydroxylation is 1. The fourth-order valence-electron chi connectivity index (χ4n) is 4.96. The summed E-state index contributed by atoms with van der Waals surface area (Å²) in [4.78, 5) is 30.0. The molecule has 0 heterocycles. The van der Waals surface area contributed by atoms with Crippen molar-refractivity contribution in [3.05, 3.63) is 129 Å². The second-order valence-electron chi connectivity index (χ2n) is 11.0. The van der Waals surface area contributed by atoms with E-state index >= 15 is 0 Å². The fraction of sp³-hybridized carbons (Fsp3) is 0.257. The van der Waals surface area contributed by atoms with Gasteiger partial charge in [-0.15, -0.1) is 0 Å². The first kappa shape index (κ1) is 35.3. The Morgan fingerprint density at radius 2 is 1.48 bits per heavy atom. The lowest BCUT2D eigenvalue weighted by molar-refractivity contribution is -0.140. The van der Waals surface area contributed by atoms with E-state index in [1.54, 1.807) is 61.5 Å². The minimum absolute atomic E-state index is 0.0172. The Morgan fingerprint density at radius 3 is 2.09 bits per heavy atom. The smallest absolute Gasteiger partial charge is 0.264 e. The van der Waals surface area contributed by atoms with Gasteiger partial charge in [0, 0.05) is 24.0 Å². The summed E-state index contributed by atoms with van der Waals surface area (Å²) in [5, 5.41) is 4.08. The molecule has 0 saturated carbocycles. The summed E-state index contributed by atoms with van der Waals surface area (Å²) >= 11 is 18.8. The Hall–Kier alpha value is -3.56. The number of benzene rings is 4. The van der Waals surface area contributed by atoms with Crippen LogP contribution < -0.4 is 9.62 Å². The van der Waals surface area contributed by atoms with E-state index in [-0.39, 0.29) is 29.8 Å². The molecule has 0 aliphatic carbocycles. The van der Waals surface area contributed by atoms with Crippen LogP contribution in [0.15, 0.2) is 102 Å². The third-order valence-electron chi connectivity index (χ3n) is 7.65. The summed E-state index contributed by atoms with van der Waals surface area (Å²) in [6.45, 7) is 4.96. The molecule has 0 aromatic heterocycles. The molecule has 4 rings (SSSR count). The van der Waals surface area contributed by atoms with Crippen molar-refractivity contribution in [2.24, 2.45) is 0 Å². The summed E-state index contributed by atoms with van der Waals surface area (Å²) in [6, 6.07) is 25.9. The van der Waals surface area contributed by atoms with E-state index < -0.39 is 28.5 Å². The van der Waals surface area contributed by atoms with Gasteiger partial charge in [-0.2, -0.15) is 0 Å². The largest absolute Gasteiger partial charge is 0.352 e. The van der Waals surface area contributed by atoms with Crippen LogP contribution in [0.4, 0.5) is 5.69 Å². The number of sulfonamides is 1. The average molecular weight is 701 g/mol. The quantitative estimate of drug-likeness (QED) is 0.155. The monoisotopic (exact) mass is 699 g/mol. The van der Waals surface area contributed by atoms with Crippen molar-refractivity contribution in [1.29, 1.82) is 0 Å². The SMILES string of the molecule is CC[C@H](C)NC(=O)[C@@H](Cc1ccccc1)N(Cc1ccc(Cl)c(Cl)c1)C(=O)CN(c1ccc(Cl)cc1C)S(=O)(=O)c1ccccc1. The van der Waals surface area contributed by atoms with E-state index in [9.17, 15) is 18.0 Å². The average Bonchev–Trinajstić information content (AvgIpc) is 3.04. The predicted molar refractivity (Wildman–Crippen MR) is 186 cm³/mol. The van der Waals surface area contributed by atoms with Crippen LogP contribution in [0.25, 0.3) is 0 Å². The first-order valence-electron chi connectivity index (χ1n) is 14.8. The Balaban J connectivity index is 1.84. The second-order valence-corrected chi connectivity index (χ2v) is 14.2.